The van der Waals surface area contributed by atoms with Crippen molar-refractivity contribution in [3.63, 3.8) is 0 Å². The zero-order chi connectivity index (χ0) is 52.2. The third-order valence-corrected chi connectivity index (χ3v) is 11.2. The van der Waals surface area contributed by atoms with Crippen molar-refractivity contribution < 1.29 is 105 Å². The Morgan fingerprint density at radius 2 is 0.544 bits per heavy atom. The first kappa shape index (κ1) is 55.9. The SMILES string of the molecule is C[S+](C)Cc1cccc(Br)c1.FC(F)(F)c1cc([B-](c2cc(C(F)(F)F)cc(C(F)(F)F)c2)(c2cc(C(F)(F)F)cc(C(F)(F)F)c2)c2cc(C(F)(F)F)cc(C(F)(F)F)c2)cc(C(F)(F)F)c1. The summed E-state index contributed by atoms with van der Waals surface area (Å²) in [6, 6.07) is -0.292. The Morgan fingerprint density at radius 1 is 0.338 bits per heavy atom. The monoisotopic (exact) mass is 1090 g/mol. The van der Waals surface area contributed by atoms with Gasteiger partial charge in [-0.05, 0) is 47.3 Å². The van der Waals surface area contributed by atoms with Crippen LogP contribution in [-0.4, -0.2) is 18.7 Å². The minimum absolute atomic E-state index is 0.504. The lowest BCUT2D eigenvalue weighted by Gasteiger charge is -2.46. The summed E-state index contributed by atoms with van der Waals surface area (Å²) >= 11 is 3.46. The average Bonchev–Trinajstić information content (AvgIpc) is 3.15. The van der Waals surface area contributed by atoms with E-state index in [2.05, 4.69) is 52.7 Å². The summed E-state index contributed by atoms with van der Waals surface area (Å²) in [5, 5.41) is 0. The van der Waals surface area contributed by atoms with Gasteiger partial charge in [0.1, 0.15) is 11.9 Å². The van der Waals surface area contributed by atoms with Crippen molar-refractivity contribution in [2.75, 3.05) is 12.5 Å². The smallest absolute Gasteiger partial charge is 0.194 e. The van der Waals surface area contributed by atoms with Gasteiger partial charge in [0.25, 0.3) is 0 Å². The Labute approximate surface area is 378 Å². The minimum atomic E-state index is -6.13. The lowest BCUT2D eigenvalue weighted by atomic mass is 9.12. The van der Waals surface area contributed by atoms with Crippen LogP contribution in [0.25, 0.3) is 0 Å². The fourth-order valence-corrected chi connectivity index (χ4v) is 8.32. The molecule has 0 nitrogen and oxygen atoms in total. The summed E-state index contributed by atoms with van der Waals surface area (Å²) in [4.78, 5) is 0. The van der Waals surface area contributed by atoms with Crippen LogP contribution in [-0.2, 0) is 66.1 Å². The minimum Gasteiger partial charge on any atom is -0.194 e. The Balaban J connectivity index is 0.000000802. The molecule has 0 aliphatic heterocycles. The zero-order valence-corrected chi connectivity index (χ0v) is 35.8. The van der Waals surface area contributed by atoms with Crippen molar-refractivity contribution >= 4 is 54.8 Å². The molecule has 0 bridgehead atoms. The molecule has 0 aliphatic carbocycles. The van der Waals surface area contributed by atoms with E-state index in [-0.39, 0.29) is 0 Å². The van der Waals surface area contributed by atoms with Crippen LogP contribution in [0.5, 0.6) is 0 Å². The first-order valence-corrected chi connectivity index (χ1v) is 21.1. The van der Waals surface area contributed by atoms with E-state index in [1.165, 1.54) is 15.8 Å². The normalized spacial score (nSPS) is 13.7. The van der Waals surface area contributed by atoms with Gasteiger partial charge >= 0.3 is 49.4 Å². The third kappa shape index (κ3) is 13.3. The molecule has 0 fully saturated rings. The van der Waals surface area contributed by atoms with Crippen molar-refractivity contribution in [1.29, 1.82) is 0 Å². The van der Waals surface area contributed by atoms with Gasteiger partial charge in [0.2, 0.25) is 0 Å². The van der Waals surface area contributed by atoms with Gasteiger partial charge in [-0.2, -0.15) is 127 Å². The van der Waals surface area contributed by atoms with E-state index in [4.69, 9.17) is 0 Å². The average molecular weight is 1100 g/mol. The number of hydrogen-bond acceptors (Lipinski definition) is 0. The maximum atomic E-state index is 14.2. The van der Waals surface area contributed by atoms with Crippen LogP contribution in [0.15, 0.2) is 102 Å². The Morgan fingerprint density at radius 3 is 0.706 bits per heavy atom. The highest BCUT2D eigenvalue weighted by atomic mass is 79.9. The van der Waals surface area contributed by atoms with Crippen LogP contribution in [0.4, 0.5) is 105 Å². The molecular formula is C41H24BBrF24S. The molecule has 5 rings (SSSR count). The lowest BCUT2D eigenvalue weighted by Crippen LogP contribution is -2.75. The first-order valence-electron chi connectivity index (χ1n) is 18.1. The largest absolute Gasteiger partial charge is 0.416 e. The van der Waals surface area contributed by atoms with Crippen LogP contribution >= 0.6 is 15.9 Å². The van der Waals surface area contributed by atoms with Gasteiger partial charge in [0.05, 0.1) is 57.0 Å². The molecule has 0 N–H and O–H groups in total. The van der Waals surface area contributed by atoms with E-state index in [9.17, 15) is 105 Å². The summed E-state index contributed by atoms with van der Waals surface area (Å²) in [7, 11) is 0.504. The van der Waals surface area contributed by atoms with Gasteiger partial charge in [-0.3, -0.25) is 0 Å². The fourth-order valence-electron chi connectivity index (χ4n) is 7.03. The van der Waals surface area contributed by atoms with Crippen LogP contribution in [0.3, 0.4) is 0 Å². The van der Waals surface area contributed by atoms with Crippen molar-refractivity contribution in [2.45, 2.75) is 55.2 Å². The summed E-state index contributed by atoms with van der Waals surface area (Å²) in [6.45, 7) is 0. The number of benzene rings is 5. The predicted molar refractivity (Wildman–Crippen MR) is 207 cm³/mol. The molecule has 0 atom stereocenters. The molecule has 27 heteroatoms. The van der Waals surface area contributed by atoms with Crippen LogP contribution in [0.1, 0.15) is 50.1 Å². The van der Waals surface area contributed by atoms with Gasteiger partial charge in [0, 0.05) is 10.0 Å². The van der Waals surface area contributed by atoms with E-state index < -0.39 is 195 Å². The van der Waals surface area contributed by atoms with E-state index in [0.29, 0.717) is 10.9 Å². The number of halogens is 25. The topological polar surface area (TPSA) is 0 Å². The molecule has 0 aromatic heterocycles. The molecule has 0 aliphatic rings. The highest BCUT2D eigenvalue weighted by Crippen LogP contribution is 2.41. The highest BCUT2D eigenvalue weighted by molar-refractivity contribution is 9.10. The van der Waals surface area contributed by atoms with E-state index >= 15 is 0 Å². The fraction of sp³-hybridized carbons (Fsp3) is 0.268. The molecule has 0 amide bonds. The standard InChI is InChI=1S/C32H12BF24.C9H12BrS/c34-25(35,36)13-1-14(26(37,38)39)6-21(5-13)33(22-7-15(27(40,41)42)2-16(8-22)28(43,44)45,23-9-17(29(46,47)48)3-18(10-23)30(49,50)51)24-11-19(31(52,53)54)4-20(12-24)32(55,56)57;1-11(2)7-8-4-3-5-9(10)6-8/h1-12H;3-6H,7H2,1-2H3/q-1;+1. The molecule has 0 radical (unpaired) electrons. The molecule has 0 unspecified atom stereocenters. The molecule has 0 spiro atoms. The first-order chi connectivity index (χ1) is 30.4. The van der Waals surface area contributed by atoms with E-state index in [1.807, 2.05) is 0 Å². The van der Waals surface area contributed by atoms with Crippen LogP contribution < -0.4 is 21.9 Å². The Kier molecular flexibility index (Phi) is 15.5. The van der Waals surface area contributed by atoms with Gasteiger partial charge in [0.15, 0.2) is 0 Å². The van der Waals surface area contributed by atoms with Gasteiger partial charge < -0.3 is 0 Å². The zero-order valence-electron chi connectivity index (χ0n) is 33.4. The molecule has 0 saturated heterocycles. The van der Waals surface area contributed by atoms with Crippen LogP contribution in [0, 0.1) is 0 Å². The predicted octanol–water partition coefficient (Wildman–Crippen LogP) is 14.0. The van der Waals surface area contributed by atoms with Gasteiger partial charge in [-0.1, -0.05) is 76.6 Å². The molecule has 5 aromatic rings. The van der Waals surface area contributed by atoms with Crippen LogP contribution in [0.2, 0.25) is 0 Å². The molecular weight excluding hydrogens is 1070 g/mol. The highest BCUT2D eigenvalue weighted by Gasteiger charge is 2.47. The van der Waals surface area contributed by atoms with Gasteiger partial charge in [-0.15, -0.1) is 0 Å². The number of alkyl halides is 24. The second kappa shape index (κ2) is 18.9. The van der Waals surface area contributed by atoms with Gasteiger partial charge in [-0.25, -0.2) is 0 Å². The Bertz CT molecular complexity index is 2150. The summed E-state index contributed by atoms with van der Waals surface area (Å²) in [6.07, 6.45) is -50.3. The molecule has 372 valence electrons. The molecule has 0 saturated carbocycles. The summed E-state index contributed by atoms with van der Waals surface area (Å²) in [5.41, 5.74) is -28.8. The van der Waals surface area contributed by atoms with Crippen molar-refractivity contribution in [3.8, 4) is 0 Å². The summed E-state index contributed by atoms with van der Waals surface area (Å²) in [5.74, 6) is 1.19. The Hall–Kier alpha value is -4.69. The second-order valence-corrected chi connectivity index (χ2v) is 18.2. The van der Waals surface area contributed by atoms with Crippen molar-refractivity contribution in [3.05, 3.63) is 152 Å². The number of hydrogen-bond donors (Lipinski definition) is 0. The summed E-state index contributed by atoms with van der Waals surface area (Å²) < 4.78 is 342. The number of rotatable bonds is 6. The van der Waals surface area contributed by atoms with Crippen molar-refractivity contribution in [1.82, 2.24) is 0 Å². The second-order valence-electron chi connectivity index (χ2n) is 15.0. The lowest BCUT2D eigenvalue weighted by molar-refractivity contribution is -0.144. The quantitative estimate of drug-likeness (QED) is 0.0903. The van der Waals surface area contributed by atoms with E-state index in [0.717, 1.165) is 0 Å². The molecule has 5 aromatic carbocycles. The maximum absolute atomic E-state index is 14.2. The van der Waals surface area contributed by atoms with Crippen molar-refractivity contribution in [2.24, 2.45) is 0 Å². The molecule has 0 heterocycles. The molecule has 68 heavy (non-hydrogen) atoms. The maximum Gasteiger partial charge on any atom is 0.416 e. The van der Waals surface area contributed by atoms with E-state index in [1.54, 1.807) is 0 Å². The third-order valence-electron chi connectivity index (χ3n) is 9.78.